The fourth-order valence-corrected chi connectivity index (χ4v) is 10.5. The summed E-state index contributed by atoms with van der Waals surface area (Å²) in [6, 6.07) is 0. The highest BCUT2D eigenvalue weighted by Crippen LogP contribution is 2.76. The molecule has 1 heterocycles. The van der Waals surface area contributed by atoms with E-state index in [1.54, 1.807) is 0 Å². The van der Waals surface area contributed by atoms with E-state index in [4.69, 9.17) is 9.47 Å². The van der Waals surface area contributed by atoms with Gasteiger partial charge in [0, 0.05) is 31.1 Å². The maximum Gasteiger partial charge on any atom is 0.303 e. The van der Waals surface area contributed by atoms with Gasteiger partial charge in [0.1, 0.15) is 23.1 Å². The minimum Gasteiger partial charge on any atom is -0.459 e. The van der Waals surface area contributed by atoms with E-state index in [2.05, 4.69) is 34.6 Å². The Hall–Kier alpha value is -0.940. The molecule has 0 radical (unpaired) electrons. The predicted molar refractivity (Wildman–Crippen MR) is 139 cm³/mol. The number of carbonyl (C=O) groups is 2. The summed E-state index contributed by atoms with van der Waals surface area (Å²) in [5, 5.41) is 10.8. The van der Waals surface area contributed by atoms with Crippen molar-refractivity contribution in [1.29, 1.82) is 0 Å². The molecule has 1 N–H and O–H groups in total. The molecule has 5 rings (SSSR count). The number of rotatable bonds is 5. The molecular formula is C31H50O5. The number of ketones is 1. The van der Waals surface area contributed by atoms with Crippen LogP contribution in [0.25, 0.3) is 0 Å². The number of hydrogen-bond donors (Lipinski definition) is 1. The largest absolute Gasteiger partial charge is 0.459 e. The van der Waals surface area contributed by atoms with Crippen molar-refractivity contribution in [2.75, 3.05) is 0 Å². The Labute approximate surface area is 218 Å². The second-order valence-corrected chi connectivity index (χ2v) is 14.8. The first-order valence-corrected chi connectivity index (χ1v) is 14.7. The van der Waals surface area contributed by atoms with Crippen molar-refractivity contribution in [3.05, 3.63) is 0 Å². The highest BCUT2D eigenvalue weighted by atomic mass is 16.7. The SMILES string of the molecule is CC(=O)O[C@H]([C@@H](C)[C@H](C)C(C)(C)O)[C@]1(C)O[C@]12CC[C@H]1[C@@H]3CC[C@H]4CC(=O)CC[C@]4(C)[C@H]3CC[C@@]12C. The van der Waals surface area contributed by atoms with Gasteiger partial charge in [0.15, 0.2) is 0 Å². The molecule has 0 aromatic heterocycles. The number of carbonyl (C=O) groups excluding carboxylic acids is 2. The molecule has 4 saturated carbocycles. The van der Waals surface area contributed by atoms with Crippen molar-refractivity contribution in [3.8, 4) is 0 Å². The molecule has 204 valence electrons. The van der Waals surface area contributed by atoms with Crippen molar-refractivity contribution in [3.63, 3.8) is 0 Å². The van der Waals surface area contributed by atoms with Crippen LogP contribution in [-0.4, -0.2) is 39.8 Å². The Balaban J connectivity index is 1.43. The molecule has 5 fully saturated rings. The van der Waals surface area contributed by atoms with Gasteiger partial charge in [-0.1, -0.05) is 27.7 Å². The monoisotopic (exact) mass is 502 g/mol. The second-order valence-electron chi connectivity index (χ2n) is 14.8. The van der Waals surface area contributed by atoms with Crippen LogP contribution in [0, 0.1) is 46.3 Å². The maximum atomic E-state index is 12.3. The van der Waals surface area contributed by atoms with Gasteiger partial charge < -0.3 is 14.6 Å². The molecule has 0 aromatic carbocycles. The van der Waals surface area contributed by atoms with Crippen molar-refractivity contribution >= 4 is 11.8 Å². The first kappa shape index (κ1) is 26.7. The Morgan fingerprint density at radius 1 is 1.06 bits per heavy atom. The number of Topliss-reactive ketones (excluding diaryl/α,β-unsaturated/α-hetero) is 1. The molecule has 4 aliphatic carbocycles. The quantitative estimate of drug-likeness (QED) is 0.363. The summed E-state index contributed by atoms with van der Waals surface area (Å²) in [7, 11) is 0. The van der Waals surface area contributed by atoms with Crippen molar-refractivity contribution in [1.82, 2.24) is 0 Å². The molecular weight excluding hydrogens is 452 g/mol. The predicted octanol–water partition coefficient (Wildman–Crippen LogP) is 6.10. The summed E-state index contributed by atoms with van der Waals surface area (Å²) < 4.78 is 13.0. The van der Waals surface area contributed by atoms with Gasteiger partial charge in [-0.3, -0.25) is 9.59 Å². The molecule has 0 aromatic rings. The van der Waals surface area contributed by atoms with Crippen LogP contribution in [0.2, 0.25) is 0 Å². The summed E-state index contributed by atoms with van der Waals surface area (Å²) >= 11 is 0. The van der Waals surface area contributed by atoms with E-state index in [1.165, 1.54) is 32.6 Å². The van der Waals surface area contributed by atoms with E-state index in [0.29, 0.717) is 34.9 Å². The normalized spacial score (nSPS) is 48.4. The third-order valence-electron chi connectivity index (χ3n) is 13.0. The summed E-state index contributed by atoms with van der Waals surface area (Å²) in [4.78, 5) is 24.5. The van der Waals surface area contributed by atoms with Crippen molar-refractivity contribution in [2.24, 2.45) is 46.3 Å². The Kier molecular flexibility index (Phi) is 6.13. The van der Waals surface area contributed by atoms with E-state index >= 15 is 0 Å². The number of fused-ring (bicyclic) bond motifs is 6. The molecule has 5 nitrogen and oxygen atoms in total. The number of aliphatic hydroxyl groups is 1. The second kappa shape index (κ2) is 8.28. The van der Waals surface area contributed by atoms with E-state index in [-0.39, 0.29) is 34.9 Å². The molecule has 5 aliphatic rings. The summed E-state index contributed by atoms with van der Waals surface area (Å²) in [5.74, 6) is 2.71. The van der Waals surface area contributed by atoms with Gasteiger partial charge in [0.05, 0.1) is 5.60 Å². The number of epoxide rings is 1. The highest BCUT2D eigenvalue weighted by Gasteiger charge is 2.83. The lowest BCUT2D eigenvalue weighted by Gasteiger charge is -2.60. The number of esters is 1. The maximum absolute atomic E-state index is 12.3. The lowest BCUT2D eigenvalue weighted by atomic mass is 9.44. The average Bonchev–Trinajstić information content (AvgIpc) is 3.30. The topological polar surface area (TPSA) is 76.1 Å². The van der Waals surface area contributed by atoms with Crippen LogP contribution in [0.1, 0.15) is 113 Å². The van der Waals surface area contributed by atoms with Gasteiger partial charge in [-0.15, -0.1) is 0 Å². The van der Waals surface area contributed by atoms with Gasteiger partial charge in [0.25, 0.3) is 0 Å². The van der Waals surface area contributed by atoms with E-state index < -0.39 is 11.2 Å². The standard InChI is InChI=1S/C31H50O5/c1-18(19(2)27(4,5)34)26(35-20(3)32)30(8)31(36-30)16-13-25-23-10-9-21-17-22(33)11-14-28(21,6)24(23)12-15-29(25,31)7/h18-19,21,23-26,34H,9-17H2,1-8H3/t18-,19-,21-,23+,24-,25-,26+,28-,29-,30-,31-/m0/s1. The smallest absolute Gasteiger partial charge is 0.303 e. The zero-order valence-corrected chi connectivity index (χ0v) is 24.0. The van der Waals surface area contributed by atoms with E-state index in [9.17, 15) is 14.7 Å². The van der Waals surface area contributed by atoms with E-state index in [0.717, 1.165) is 32.1 Å². The minimum absolute atomic E-state index is 0.0358. The molecule has 0 bridgehead atoms. The molecule has 36 heavy (non-hydrogen) atoms. The summed E-state index contributed by atoms with van der Waals surface area (Å²) in [6.07, 6.45) is 9.24. The lowest BCUT2D eigenvalue weighted by molar-refractivity contribution is -0.157. The average molecular weight is 503 g/mol. The molecule has 0 unspecified atom stereocenters. The van der Waals surface area contributed by atoms with Gasteiger partial charge in [-0.25, -0.2) is 0 Å². The van der Waals surface area contributed by atoms with Crippen LogP contribution in [0.5, 0.6) is 0 Å². The highest BCUT2D eigenvalue weighted by molar-refractivity contribution is 5.79. The molecule has 5 heteroatoms. The van der Waals surface area contributed by atoms with Crippen LogP contribution in [-0.2, 0) is 19.1 Å². The first-order valence-electron chi connectivity index (χ1n) is 14.7. The Morgan fingerprint density at radius 2 is 1.72 bits per heavy atom. The first-order chi connectivity index (χ1) is 16.6. The van der Waals surface area contributed by atoms with Crippen LogP contribution < -0.4 is 0 Å². The minimum atomic E-state index is -0.869. The zero-order valence-electron chi connectivity index (χ0n) is 24.0. The Morgan fingerprint density at radius 3 is 2.36 bits per heavy atom. The van der Waals surface area contributed by atoms with Gasteiger partial charge in [0.2, 0.25) is 0 Å². The molecule has 1 spiro atoms. The molecule has 1 saturated heterocycles. The van der Waals surface area contributed by atoms with Gasteiger partial charge >= 0.3 is 5.97 Å². The zero-order chi connectivity index (χ0) is 26.5. The molecule has 1 aliphatic heterocycles. The van der Waals surface area contributed by atoms with Crippen LogP contribution >= 0.6 is 0 Å². The van der Waals surface area contributed by atoms with Crippen molar-refractivity contribution in [2.45, 2.75) is 136 Å². The van der Waals surface area contributed by atoms with Crippen LogP contribution in [0.3, 0.4) is 0 Å². The summed E-state index contributed by atoms with van der Waals surface area (Å²) in [5.41, 5.74) is -1.31. The number of hydrogen-bond acceptors (Lipinski definition) is 5. The van der Waals surface area contributed by atoms with Crippen LogP contribution in [0.15, 0.2) is 0 Å². The molecule has 0 amide bonds. The van der Waals surface area contributed by atoms with Crippen LogP contribution in [0.4, 0.5) is 0 Å². The fraction of sp³-hybridized carbons (Fsp3) is 0.935. The Bertz CT molecular complexity index is 922. The van der Waals surface area contributed by atoms with Crippen molar-refractivity contribution < 1.29 is 24.2 Å². The fourth-order valence-electron chi connectivity index (χ4n) is 10.5. The number of ether oxygens (including phenoxy) is 2. The third-order valence-corrected chi connectivity index (χ3v) is 13.0. The van der Waals surface area contributed by atoms with Gasteiger partial charge in [-0.05, 0) is 101 Å². The third kappa shape index (κ3) is 3.53. The lowest BCUT2D eigenvalue weighted by Crippen LogP contribution is -2.56. The van der Waals surface area contributed by atoms with E-state index in [1.807, 2.05) is 13.8 Å². The molecule has 11 atom stereocenters. The summed E-state index contributed by atoms with van der Waals surface area (Å²) in [6.45, 7) is 16.5. The van der Waals surface area contributed by atoms with Gasteiger partial charge in [-0.2, -0.15) is 0 Å².